The molecule has 0 saturated carbocycles. The van der Waals surface area contributed by atoms with E-state index in [1.54, 1.807) is 32.9 Å². The number of Topliss-reactive ketones (excluding diaryl/α,β-unsaturated/α-hetero) is 1. The van der Waals surface area contributed by atoms with E-state index in [0.717, 1.165) is 44.9 Å². The van der Waals surface area contributed by atoms with Crippen LogP contribution in [0, 0.1) is 5.41 Å². The van der Waals surface area contributed by atoms with Gasteiger partial charge >= 0.3 is 0 Å². The fourth-order valence-corrected chi connectivity index (χ4v) is 3.10. The van der Waals surface area contributed by atoms with Crippen molar-refractivity contribution in [1.29, 1.82) is 0 Å². The molecule has 1 N–H and O–H groups in total. The number of rotatable bonds is 15. The van der Waals surface area contributed by atoms with Crippen LogP contribution in [-0.2, 0) is 9.59 Å². The first-order chi connectivity index (χ1) is 14.7. The third-order valence-corrected chi connectivity index (χ3v) is 5.27. The number of ketones is 1. The second kappa shape index (κ2) is 14.3. The Morgan fingerprint density at radius 3 is 1.94 bits per heavy atom. The molecule has 0 aliphatic heterocycles. The molecule has 0 heterocycles. The van der Waals surface area contributed by atoms with Gasteiger partial charge in [-0.1, -0.05) is 84.7 Å². The molecule has 0 fully saturated rings. The predicted octanol–water partition coefficient (Wildman–Crippen LogP) is 7.20. The Kier molecular flexibility index (Phi) is 12.6. The van der Waals surface area contributed by atoms with Gasteiger partial charge in [0.25, 0.3) is 0 Å². The molecule has 1 aromatic carbocycles. The summed E-state index contributed by atoms with van der Waals surface area (Å²) in [6.07, 6.45) is 8.52. The molecule has 0 spiro atoms. The third-order valence-electron chi connectivity index (χ3n) is 4.98. The Morgan fingerprint density at radius 2 is 1.42 bits per heavy atom. The van der Waals surface area contributed by atoms with Gasteiger partial charge in [0.2, 0.25) is 5.91 Å². The molecule has 1 rings (SSSR count). The number of carbonyl (C=O) groups is 2. The van der Waals surface area contributed by atoms with Crippen LogP contribution in [0.1, 0.15) is 92.4 Å². The Bertz CT molecular complexity index is 697. The van der Waals surface area contributed by atoms with Crippen molar-refractivity contribution in [2.45, 2.75) is 92.4 Å². The lowest BCUT2D eigenvalue weighted by Gasteiger charge is -2.18. The summed E-state index contributed by atoms with van der Waals surface area (Å²) in [4.78, 5) is 24.7. The second-order valence-electron chi connectivity index (χ2n) is 9.00. The molecule has 1 amide bonds. The number of ether oxygens (including phenoxy) is 2. The van der Waals surface area contributed by atoms with Gasteiger partial charge in [0.05, 0.1) is 30.3 Å². The van der Waals surface area contributed by atoms with E-state index in [2.05, 4.69) is 19.2 Å². The number of hydrogen-bond donors (Lipinski definition) is 1. The summed E-state index contributed by atoms with van der Waals surface area (Å²) in [6.45, 7) is 10.8. The molecule has 31 heavy (non-hydrogen) atoms. The van der Waals surface area contributed by atoms with Crippen LogP contribution in [0.25, 0.3) is 0 Å². The van der Waals surface area contributed by atoms with Crippen LogP contribution in [0.15, 0.2) is 12.1 Å². The van der Waals surface area contributed by atoms with Gasteiger partial charge in [-0.25, -0.2) is 0 Å². The lowest BCUT2D eigenvalue weighted by atomic mass is 9.89. The van der Waals surface area contributed by atoms with Crippen LogP contribution >= 0.6 is 11.6 Å². The SMILES string of the molecule is CCCCCCOc1cc(NC(=O)CC(=O)C(C)(C)C)c(OCCCCCC)cc1Cl. The van der Waals surface area contributed by atoms with E-state index < -0.39 is 5.41 Å². The molecule has 176 valence electrons. The number of unbranched alkanes of at least 4 members (excludes halogenated alkanes) is 6. The summed E-state index contributed by atoms with van der Waals surface area (Å²) < 4.78 is 11.8. The van der Waals surface area contributed by atoms with E-state index in [1.165, 1.54) is 6.42 Å². The molecule has 0 saturated heterocycles. The predicted molar refractivity (Wildman–Crippen MR) is 128 cm³/mol. The van der Waals surface area contributed by atoms with Crippen molar-refractivity contribution in [3.05, 3.63) is 17.2 Å². The summed E-state index contributed by atoms with van der Waals surface area (Å²) >= 11 is 6.41. The van der Waals surface area contributed by atoms with Crippen molar-refractivity contribution in [2.24, 2.45) is 5.41 Å². The van der Waals surface area contributed by atoms with E-state index in [0.29, 0.717) is 35.4 Å². The molecule has 0 aliphatic carbocycles. The van der Waals surface area contributed by atoms with E-state index in [1.807, 2.05) is 0 Å². The van der Waals surface area contributed by atoms with Gasteiger partial charge in [-0.3, -0.25) is 9.59 Å². The van der Waals surface area contributed by atoms with E-state index in [9.17, 15) is 9.59 Å². The molecule has 0 bridgehead atoms. The molecule has 0 unspecified atom stereocenters. The van der Waals surface area contributed by atoms with Crippen molar-refractivity contribution in [2.75, 3.05) is 18.5 Å². The van der Waals surface area contributed by atoms with E-state index in [4.69, 9.17) is 21.1 Å². The Morgan fingerprint density at radius 1 is 0.871 bits per heavy atom. The highest BCUT2D eigenvalue weighted by atomic mass is 35.5. The molecule has 1 aromatic rings. The van der Waals surface area contributed by atoms with Crippen molar-refractivity contribution in [3.63, 3.8) is 0 Å². The average molecular weight is 454 g/mol. The highest BCUT2D eigenvalue weighted by molar-refractivity contribution is 6.32. The van der Waals surface area contributed by atoms with Gasteiger partial charge in [0.1, 0.15) is 17.3 Å². The molecule has 0 aliphatic rings. The van der Waals surface area contributed by atoms with Gasteiger partial charge in [0.15, 0.2) is 0 Å². The highest BCUT2D eigenvalue weighted by Crippen LogP contribution is 2.37. The van der Waals surface area contributed by atoms with Gasteiger partial charge < -0.3 is 14.8 Å². The molecule has 5 nitrogen and oxygen atoms in total. The number of halogens is 1. The number of nitrogens with one attached hydrogen (secondary N) is 1. The average Bonchev–Trinajstić information content (AvgIpc) is 2.69. The highest BCUT2D eigenvalue weighted by Gasteiger charge is 2.24. The molecule has 6 heteroatoms. The number of amides is 1. The summed E-state index contributed by atoms with van der Waals surface area (Å²) in [5.41, 5.74) is -0.0851. The lowest BCUT2D eigenvalue weighted by Crippen LogP contribution is -2.26. The summed E-state index contributed by atoms with van der Waals surface area (Å²) in [5, 5.41) is 3.27. The molecular formula is C25H40ClNO4. The first kappa shape index (κ1) is 27.3. The monoisotopic (exact) mass is 453 g/mol. The zero-order valence-corrected chi connectivity index (χ0v) is 20.7. The Hall–Kier alpha value is -1.75. The third kappa shape index (κ3) is 10.9. The number of hydrogen-bond acceptors (Lipinski definition) is 4. The molecule has 0 aromatic heterocycles. The maximum atomic E-state index is 12.5. The number of carbonyl (C=O) groups excluding carboxylic acids is 2. The van der Waals surface area contributed by atoms with Crippen LogP contribution in [0.2, 0.25) is 5.02 Å². The normalized spacial score (nSPS) is 11.3. The fourth-order valence-electron chi connectivity index (χ4n) is 2.89. The second-order valence-corrected chi connectivity index (χ2v) is 9.40. The maximum Gasteiger partial charge on any atom is 0.231 e. The Balaban J connectivity index is 2.89. The van der Waals surface area contributed by atoms with E-state index >= 15 is 0 Å². The van der Waals surface area contributed by atoms with Crippen molar-refractivity contribution < 1.29 is 19.1 Å². The van der Waals surface area contributed by atoms with E-state index in [-0.39, 0.29) is 18.1 Å². The van der Waals surface area contributed by atoms with Crippen molar-refractivity contribution in [3.8, 4) is 11.5 Å². The van der Waals surface area contributed by atoms with Crippen LogP contribution in [-0.4, -0.2) is 24.9 Å². The standard InChI is InChI=1S/C25H40ClNO4/c1-6-8-10-12-14-30-21-17-20(27-24(29)18-23(28)25(3,4)5)22(16-19(21)26)31-15-13-11-9-7-2/h16-17H,6-15,18H2,1-5H3,(H,27,29). The smallest absolute Gasteiger partial charge is 0.231 e. The molecule has 0 atom stereocenters. The summed E-state index contributed by atoms with van der Waals surface area (Å²) in [7, 11) is 0. The molecule has 0 radical (unpaired) electrons. The van der Waals surface area contributed by atoms with Crippen molar-refractivity contribution in [1.82, 2.24) is 0 Å². The van der Waals surface area contributed by atoms with Crippen LogP contribution in [0.5, 0.6) is 11.5 Å². The van der Waals surface area contributed by atoms with Gasteiger partial charge in [-0.15, -0.1) is 0 Å². The minimum atomic E-state index is -0.567. The number of benzene rings is 1. The number of anilines is 1. The van der Waals surface area contributed by atoms with Crippen LogP contribution in [0.4, 0.5) is 5.69 Å². The van der Waals surface area contributed by atoms with Gasteiger partial charge in [-0.05, 0) is 12.8 Å². The summed E-state index contributed by atoms with van der Waals surface area (Å²) in [5.74, 6) is 0.519. The van der Waals surface area contributed by atoms with Crippen LogP contribution < -0.4 is 14.8 Å². The Labute approximate surface area is 193 Å². The first-order valence-corrected chi connectivity index (χ1v) is 12.0. The zero-order valence-electron chi connectivity index (χ0n) is 19.9. The maximum absolute atomic E-state index is 12.5. The summed E-state index contributed by atoms with van der Waals surface area (Å²) in [6, 6.07) is 3.38. The van der Waals surface area contributed by atoms with Gasteiger partial charge in [0, 0.05) is 17.5 Å². The molecular weight excluding hydrogens is 414 g/mol. The quantitative estimate of drug-likeness (QED) is 0.225. The zero-order chi connectivity index (χ0) is 23.3. The lowest BCUT2D eigenvalue weighted by molar-refractivity contribution is -0.130. The first-order valence-electron chi connectivity index (χ1n) is 11.6. The minimum Gasteiger partial charge on any atom is -0.492 e. The minimum absolute atomic E-state index is 0.117. The topological polar surface area (TPSA) is 64.6 Å². The van der Waals surface area contributed by atoms with Crippen molar-refractivity contribution >= 4 is 29.0 Å². The largest absolute Gasteiger partial charge is 0.492 e. The fraction of sp³-hybridized carbons (Fsp3) is 0.680. The van der Waals surface area contributed by atoms with Gasteiger partial charge in [-0.2, -0.15) is 0 Å². The van der Waals surface area contributed by atoms with Crippen LogP contribution in [0.3, 0.4) is 0 Å².